The lowest BCUT2D eigenvalue weighted by Gasteiger charge is -2.13. The van der Waals surface area contributed by atoms with Gasteiger partial charge in [-0.3, -0.25) is 0 Å². The largest absolute Gasteiger partial charge is 0.463 e. The monoisotopic (exact) mass is 439 g/mol. The molecule has 0 saturated heterocycles. The summed E-state index contributed by atoms with van der Waals surface area (Å²) in [5.74, 6) is 0.416. The fourth-order valence-electron chi connectivity index (χ4n) is 2.97. The first-order valence-electron chi connectivity index (χ1n) is 9.02. The second kappa shape index (κ2) is 8.89. The molecule has 0 aliphatic rings. The van der Waals surface area contributed by atoms with Gasteiger partial charge in [0.1, 0.15) is 5.82 Å². The van der Waals surface area contributed by atoms with E-state index in [1.165, 1.54) is 6.08 Å². The van der Waals surface area contributed by atoms with Crippen molar-refractivity contribution in [3.63, 3.8) is 0 Å². The van der Waals surface area contributed by atoms with Crippen molar-refractivity contribution in [3.8, 4) is 16.8 Å². The maximum absolute atomic E-state index is 11.8. The first-order valence-corrected chi connectivity index (χ1v) is 9.82. The highest BCUT2D eigenvalue weighted by atomic mass is 79.9. The van der Waals surface area contributed by atoms with Crippen molar-refractivity contribution in [1.82, 2.24) is 9.78 Å². The molecule has 3 aromatic rings. The van der Waals surface area contributed by atoms with Gasteiger partial charge in [-0.05, 0) is 50.6 Å². The van der Waals surface area contributed by atoms with Gasteiger partial charge in [-0.15, -0.1) is 0 Å². The van der Waals surface area contributed by atoms with Gasteiger partial charge < -0.3 is 10.1 Å². The van der Waals surface area contributed by atoms with Crippen LogP contribution < -0.4 is 5.32 Å². The molecule has 0 spiro atoms. The van der Waals surface area contributed by atoms with E-state index in [4.69, 9.17) is 9.84 Å². The molecular weight excluding hydrogens is 418 g/mol. The number of allylic oxidation sites excluding steroid dienone is 1. The molecule has 0 unspecified atom stereocenters. The molecule has 1 aromatic heterocycles. The normalized spacial score (nSPS) is 11.4. The number of benzene rings is 2. The van der Waals surface area contributed by atoms with Gasteiger partial charge in [0.05, 0.1) is 18.0 Å². The van der Waals surface area contributed by atoms with Crippen LogP contribution in [0.1, 0.15) is 19.5 Å². The highest BCUT2D eigenvalue weighted by Crippen LogP contribution is 2.35. The molecule has 1 N–H and O–H groups in total. The summed E-state index contributed by atoms with van der Waals surface area (Å²) in [5.41, 5.74) is 4.49. The van der Waals surface area contributed by atoms with Crippen LogP contribution in [0, 0.1) is 6.92 Å². The summed E-state index contributed by atoms with van der Waals surface area (Å²) < 4.78 is 7.86. The van der Waals surface area contributed by atoms with Crippen LogP contribution in [0.2, 0.25) is 0 Å². The van der Waals surface area contributed by atoms with E-state index in [9.17, 15) is 4.79 Å². The van der Waals surface area contributed by atoms with Crippen molar-refractivity contribution < 1.29 is 9.53 Å². The van der Waals surface area contributed by atoms with Crippen LogP contribution in [-0.4, -0.2) is 22.4 Å². The first-order chi connectivity index (χ1) is 13.5. The quantitative estimate of drug-likeness (QED) is 0.407. The third kappa shape index (κ3) is 4.51. The summed E-state index contributed by atoms with van der Waals surface area (Å²) in [7, 11) is 0. The lowest BCUT2D eigenvalue weighted by Crippen LogP contribution is -2.08. The zero-order valence-corrected chi connectivity index (χ0v) is 17.7. The molecule has 0 bridgehead atoms. The molecule has 3 rings (SSSR count). The van der Waals surface area contributed by atoms with Crippen molar-refractivity contribution in [2.45, 2.75) is 20.8 Å². The van der Waals surface area contributed by atoms with E-state index >= 15 is 0 Å². The number of nitrogens with zero attached hydrogens (tertiary/aromatic N) is 2. The molecule has 28 heavy (non-hydrogen) atoms. The number of carbonyl (C=O) groups excluding carboxylic acids is 1. The molecule has 1 heterocycles. The van der Waals surface area contributed by atoms with Gasteiger partial charge in [0.25, 0.3) is 0 Å². The average molecular weight is 440 g/mol. The molecule has 0 aliphatic heterocycles. The van der Waals surface area contributed by atoms with Crippen LogP contribution in [0.3, 0.4) is 0 Å². The number of hydrogen-bond acceptors (Lipinski definition) is 4. The molecule has 5 nitrogen and oxygen atoms in total. The number of halogens is 1. The Morgan fingerprint density at radius 3 is 2.64 bits per heavy atom. The SMILES string of the molecule is CCOC(=O)C=C(C)Nc1c(-c2cccc(Br)c2)c(C)nn1-c1ccccc1. The molecular formula is C22H22BrN3O2. The Kier molecular flexibility index (Phi) is 6.31. The third-order valence-corrected chi connectivity index (χ3v) is 4.60. The van der Waals surface area contributed by atoms with Gasteiger partial charge in [0.15, 0.2) is 0 Å². The predicted molar refractivity (Wildman–Crippen MR) is 115 cm³/mol. The maximum Gasteiger partial charge on any atom is 0.332 e. The topological polar surface area (TPSA) is 56.1 Å². The number of aryl methyl sites for hydroxylation is 1. The number of ether oxygens (including phenoxy) is 1. The molecule has 6 heteroatoms. The lowest BCUT2D eigenvalue weighted by atomic mass is 10.1. The molecule has 0 amide bonds. The Bertz CT molecular complexity index is 1010. The Morgan fingerprint density at radius 1 is 1.21 bits per heavy atom. The molecule has 0 saturated carbocycles. The number of aromatic nitrogens is 2. The zero-order chi connectivity index (χ0) is 20.1. The number of esters is 1. The molecule has 0 fully saturated rings. The molecule has 0 atom stereocenters. The number of rotatable bonds is 6. The highest BCUT2D eigenvalue weighted by Gasteiger charge is 2.19. The predicted octanol–water partition coefficient (Wildman–Crippen LogP) is 5.49. The van der Waals surface area contributed by atoms with Gasteiger partial charge in [-0.25, -0.2) is 9.48 Å². The van der Waals surface area contributed by atoms with Gasteiger partial charge in [-0.2, -0.15) is 5.10 Å². The summed E-state index contributed by atoms with van der Waals surface area (Å²) in [6.07, 6.45) is 1.45. The zero-order valence-electron chi connectivity index (χ0n) is 16.1. The van der Waals surface area contributed by atoms with E-state index in [1.54, 1.807) is 6.92 Å². The lowest BCUT2D eigenvalue weighted by molar-refractivity contribution is -0.137. The Hall–Kier alpha value is -2.86. The molecule has 0 aliphatic carbocycles. The van der Waals surface area contributed by atoms with Gasteiger partial charge in [0.2, 0.25) is 0 Å². The summed E-state index contributed by atoms with van der Waals surface area (Å²) >= 11 is 3.54. The summed E-state index contributed by atoms with van der Waals surface area (Å²) in [6.45, 7) is 5.94. The van der Waals surface area contributed by atoms with E-state index in [2.05, 4.69) is 27.3 Å². The summed E-state index contributed by atoms with van der Waals surface area (Å²) in [6, 6.07) is 18.0. The molecule has 0 radical (unpaired) electrons. The highest BCUT2D eigenvalue weighted by molar-refractivity contribution is 9.10. The van der Waals surface area contributed by atoms with E-state index < -0.39 is 0 Å². The van der Waals surface area contributed by atoms with Crippen molar-refractivity contribution in [3.05, 3.63) is 76.5 Å². The Morgan fingerprint density at radius 2 is 1.96 bits per heavy atom. The fraction of sp³-hybridized carbons (Fsp3) is 0.182. The smallest absolute Gasteiger partial charge is 0.332 e. The van der Waals surface area contributed by atoms with Crippen molar-refractivity contribution >= 4 is 27.7 Å². The Balaban J connectivity index is 2.12. The number of para-hydroxylation sites is 1. The van der Waals surface area contributed by atoms with E-state index in [-0.39, 0.29) is 5.97 Å². The van der Waals surface area contributed by atoms with Crippen LogP contribution in [0.15, 0.2) is 70.8 Å². The standard InChI is InChI=1S/C22H22BrN3O2/c1-4-28-20(27)13-15(2)24-22-21(17-9-8-10-18(23)14-17)16(3)25-26(22)19-11-6-5-7-12-19/h5-14,24H,4H2,1-3H3. The van der Waals surface area contributed by atoms with Gasteiger partial charge in [-0.1, -0.05) is 46.3 Å². The van der Waals surface area contributed by atoms with E-state index in [1.807, 2.05) is 67.1 Å². The van der Waals surface area contributed by atoms with Crippen LogP contribution in [0.25, 0.3) is 16.8 Å². The summed E-state index contributed by atoms with van der Waals surface area (Å²) in [4.78, 5) is 11.8. The minimum atomic E-state index is -0.376. The van der Waals surface area contributed by atoms with Crippen LogP contribution in [0.5, 0.6) is 0 Å². The second-order valence-corrected chi connectivity index (χ2v) is 7.19. The van der Waals surface area contributed by atoms with Gasteiger partial charge >= 0.3 is 5.97 Å². The number of anilines is 1. The first kappa shape index (κ1) is 19.9. The Labute approximate surface area is 173 Å². The minimum Gasteiger partial charge on any atom is -0.463 e. The fourth-order valence-corrected chi connectivity index (χ4v) is 3.37. The third-order valence-electron chi connectivity index (χ3n) is 4.11. The molecule has 144 valence electrons. The second-order valence-electron chi connectivity index (χ2n) is 6.27. The minimum absolute atomic E-state index is 0.340. The number of nitrogens with one attached hydrogen (secondary N) is 1. The van der Waals surface area contributed by atoms with Crippen LogP contribution in [-0.2, 0) is 9.53 Å². The maximum atomic E-state index is 11.8. The number of hydrogen-bond donors (Lipinski definition) is 1. The van der Waals surface area contributed by atoms with Crippen LogP contribution in [0.4, 0.5) is 5.82 Å². The summed E-state index contributed by atoms with van der Waals surface area (Å²) in [5, 5.41) is 8.10. The van der Waals surface area contributed by atoms with Crippen molar-refractivity contribution in [1.29, 1.82) is 0 Å². The van der Waals surface area contributed by atoms with E-state index in [0.29, 0.717) is 12.3 Å². The molecule has 2 aromatic carbocycles. The average Bonchev–Trinajstić information content (AvgIpc) is 2.98. The van der Waals surface area contributed by atoms with Gasteiger partial charge in [0, 0.05) is 21.8 Å². The van der Waals surface area contributed by atoms with E-state index in [0.717, 1.165) is 32.8 Å². The number of carbonyl (C=O) groups is 1. The van der Waals surface area contributed by atoms with Crippen molar-refractivity contribution in [2.24, 2.45) is 0 Å². The van der Waals surface area contributed by atoms with Crippen LogP contribution >= 0.6 is 15.9 Å². The van der Waals surface area contributed by atoms with Crippen molar-refractivity contribution in [2.75, 3.05) is 11.9 Å².